The molecule has 1 aromatic carbocycles. The Morgan fingerprint density at radius 3 is 2.87 bits per heavy atom. The fraction of sp³-hybridized carbons (Fsp3) is 0.650. The van der Waals surface area contributed by atoms with Gasteiger partial charge in [-0.15, -0.1) is 0 Å². The average Bonchev–Trinajstić information content (AvgIpc) is 3.29. The zero-order valence-electron chi connectivity index (χ0n) is 14.2. The molecule has 1 heterocycles. The molecule has 1 N–H and O–H groups in total. The number of aryl methyl sites for hydroxylation is 1. The average molecular weight is 313 g/mol. The Bertz CT molecular complexity index is 637. The number of nitrogens with zero attached hydrogens (tertiary/aromatic N) is 1. The number of likely N-dealkylation sites (tertiary alicyclic amines) is 1. The highest BCUT2D eigenvalue weighted by molar-refractivity contribution is 5.70. The van der Waals surface area contributed by atoms with Crippen LogP contribution in [0, 0.1) is 18.8 Å². The Balaban J connectivity index is 1.76. The third-order valence-corrected chi connectivity index (χ3v) is 6.65. The number of fused-ring (bicyclic) bond motifs is 4. The van der Waals surface area contributed by atoms with E-state index in [4.69, 9.17) is 0 Å². The molecule has 0 spiro atoms. The van der Waals surface area contributed by atoms with E-state index in [9.17, 15) is 9.90 Å². The van der Waals surface area contributed by atoms with E-state index in [-0.39, 0.29) is 11.8 Å². The minimum Gasteiger partial charge on any atom is -0.481 e. The molecule has 1 aromatic rings. The van der Waals surface area contributed by atoms with Gasteiger partial charge in [-0.2, -0.15) is 0 Å². The molecular formula is C20H27NO2. The molecule has 4 rings (SSSR count). The van der Waals surface area contributed by atoms with Crippen LogP contribution >= 0.6 is 0 Å². The molecule has 3 nitrogen and oxygen atoms in total. The maximum atomic E-state index is 11.7. The van der Waals surface area contributed by atoms with E-state index in [1.807, 2.05) is 0 Å². The highest BCUT2D eigenvalue weighted by Gasteiger charge is 2.52. The Kier molecular flexibility index (Phi) is 3.53. The zero-order valence-corrected chi connectivity index (χ0v) is 14.2. The number of carboxylic acids is 1. The molecule has 0 aromatic heterocycles. The van der Waals surface area contributed by atoms with Gasteiger partial charge >= 0.3 is 5.97 Å². The van der Waals surface area contributed by atoms with Crippen molar-refractivity contribution in [1.29, 1.82) is 0 Å². The molecule has 1 saturated heterocycles. The van der Waals surface area contributed by atoms with Gasteiger partial charge in [0.05, 0.1) is 6.42 Å². The first kappa shape index (κ1) is 15.2. The Morgan fingerprint density at radius 2 is 2.17 bits per heavy atom. The molecule has 124 valence electrons. The SMILES string of the molecule is Cc1ccc2c(c1)[C@@]1(CC(=O)O)CCN(CC3CC3)C(C2)[C@@H]1C. The summed E-state index contributed by atoms with van der Waals surface area (Å²) in [6.07, 6.45) is 5.12. The van der Waals surface area contributed by atoms with Crippen LogP contribution in [0.15, 0.2) is 18.2 Å². The summed E-state index contributed by atoms with van der Waals surface area (Å²) in [6.45, 7) is 6.71. The molecule has 2 bridgehead atoms. The summed E-state index contributed by atoms with van der Waals surface area (Å²) in [5, 5.41) is 9.59. The van der Waals surface area contributed by atoms with Crippen molar-refractivity contribution < 1.29 is 9.90 Å². The van der Waals surface area contributed by atoms with Crippen molar-refractivity contribution in [2.24, 2.45) is 11.8 Å². The third-order valence-electron chi connectivity index (χ3n) is 6.65. The second-order valence-corrected chi connectivity index (χ2v) is 8.14. The van der Waals surface area contributed by atoms with Crippen molar-refractivity contribution in [3.63, 3.8) is 0 Å². The van der Waals surface area contributed by atoms with Crippen LogP contribution in [-0.2, 0) is 16.6 Å². The first-order chi connectivity index (χ1) is 11.0. The zero-order chi connectivity index (χ0) is 16.2. The second-order valence-electron chi connectivity index (χ2n) is 8.14. The summed E-state index contributed by atoms with van der Waals surface area (Å²) in [4.78, 5) is 14.3. The fourth-order valence-corrected chi connectivity index (χ4v) is 5.14. The molecular weight excluding hydrogens is 286 g/mol. The van der Waals surface area contributed by atoms with Crippen LogP contribution in [-0.4, -0.2) is 35.1 Å². The highest BCUT2D eigenvalue weighted by Crippen LogP contribution is 2.51. The van der Waals surface area contributed by atoms with Gasteiger partial charge in [0.2, 0.25) is 0 Å². The van der Waals surface area contributed by atoms with Crippen LogP contribution < -0.4 is 0 Å². The van der Waals surface area contributed by atoms with Gasteiger partial charge in [-0.1, -0.05) is 30.7 Å². The van der Waals surface area contributed by atoms with E-state index in [1.165, 1.54) is 36.1 Å². The second kappa shape index (κ2) is 5.34. The quantitative estimate of drug-likeness (QED) is 0.926. The lowest BCUT2D eigenvalue weighted by Gasteiger charge is -2.55. The van der Waals surface area contributed by atoms with Crippen molar-refractivity contribution in [2.45, 2.75) is 57.4 Å². The number of piperidine rings is 1. The van der Waals surface area contributed by atoms with Crippen molar-refractivity contribution in [2.75, 3.05) is 13.1 Å². The largest absolute Gasteiger partial charge is 0.481 e. The lowest BCUT2D eigenvalue weighted by Crippen LogP contribution is -2.59. The molecule has 1 saturated carbocycles. The minimum absolute atomic E-state index is 0.170. The number of hydrogen-bond donors (Lipinski definition) is 1. The smallest absolute Gasteiger partial charge is 0.304 e. The Morgan fingerprint density at radius 1 is 1.39 bits per heavy atom. The monoisotopic (exact) mass is 313 g/mol. The summed E-state index contributed by atoms with van der Waals surface area (Å²) in [7, 11) is 0. The van der Waals surface area contributed by atoms with Crippen LogP contribution in [0.4, 0.5) is 0 Å². The first-order valence-corrected chi connectivity index (χ1v) is 9.05. The molecule has 1 aliphatic heterocycles. The number of benzene rings is 1. The molecule has 2 aliphatic carbocycles. The predicted octanol–water partition coefficient (Wildman–Crippen LogP) is 3.38. The van der Waals surface area contributed by atoms with Crippen molar-refractivity contribution >= 4 is 5.97 Å². The number of carbonyl (C=O) groups is 1. The van der Waals surface area contributed by atoms with Gasteiger partial charge in [-0.3, -0.25) is 9.69 Å². The number of hydrogen-bond acceptors (Lipinski definition) is 2. The molecule has 23 heavy (non-hydrogen) atoms. The van der Waals surface area contributed by atoms with E-state index in [2.05, 4.69) is 36.9 Å². The molecule has 3 heteroatoms. The van der Waals surface area contributed by atoms with E-state index in [0.717, 1.165) is 25.3 Å². The molecule has 0 amide bonds. The van der Waals surface area contributed by atoms with E-state index < -0.39 is 5.97 Å². The van der Waals surface area contributed by atoms with Crippen LogP contribution in [0.5, 0.6) is 0 Å². The minimum atomic E-state index is -0.652. The van der Waals surface area contributed by atoms with Gasteiger partial charge in [0.1, 0.15) is 0 Å². The van der Waals surface area contributed by atoms with Crippen LogP contribution in [0.2, 0.25) is 0 Å². The van der Waals surface area contributed by atoms with E-state index in [0.29, 0.717) is 12.0 Å². The third kappa shape index (κ3) is 2.50. The first-order valence-electron chi connectivity index (χ1n) is 9.05. The van der Waals surface area contributed by atoms with Crippen molar-refractivity contribution in [1.82, 2.24) is 4.90 Å². The Hall–Kier alpha value is -1.35. The Labute approximate surface area is 138 Å². The lowest BCUT2D eigenvalue weighted by atomic mass is 9.56. The molecule has 3 aliphatic rings. The normalized spacial score (nSPS) is 33.3. The summed E-state index contributed by atoms with van der Waals surface area (Å²) < 4.78 is 0. The van der Waals surface area contributed by atoms with E-state index in [1.54, 1.807) is 0 Å². The van der Waals surface area contributed by atoms with Gasteiger partial charge in [-0.05, 0) is 62.1 Å². The van der Waals surface area contributed by atoms with E-state index >= 15 is 0 Å². The summed E-state index contributed by atoms with van der Waals surface area (Å²) in [6, 6.07) is 7.21. The maximum Gasteiger partial charge on any atom is 0.304 e. The predicted molar refractivity (Wildman–Crippen MR) is 90.7 cm³/mol. The van der Waals surface area contributed by atoms with Gasteiger partial charge in [0.25, 0.3) is 0 Å². The van der Waals surface area contributed by atoms with Crippen LogP contribution in [0.3, 0.4) is 0 Å². The van der Waals surface area contributed by atoms with Gasteiger partial charge in [0, 0.05) is 18.0 Å². The molecule has 0 radical (unpaired) electrons. The van der Waals surface area contributed by atoms with Gasteiger partial charge in [-0.25, -0.2) is 0 Å². The highest BCUT2D eigenvalue weighted by atomic mass is 16.4. The van der Waals surface area contributed by atoms with Gasteiger partial charge in [0.15, 0.2) is 0 Å². The molecule has 2 fully saturated rings. The maximum absolute atomic E-state index is 11.7. The summed E-state index contributed by atoms with van der Waals surface area (Å²) in [5.74, 6) is 0.662. The summed E-state index contributed by atoms with van der Waals surface area (Å²) in [5.41, 5.74) is 3.80. The molecule has 1 unspecified atom stereocenters. The summed E-state index contributed by atoms with van der Waals surface area (Å²) >= 11 is 0. The lowest BCUT2D eigenvalue weighted by molar-refractivity contribution is -0.140. The number of carboxylic acid groups (broad SMARTS) is 1. The number of aliphatic carboxylic acids is 1. The van der Waals surface area contributed by atoms with Crippen molar-refractivity contribution in [3.8, 4) is 0 Å². The fourth-order valence-electron chi connectivity index (χ4n) is 5.14. The van der Waals surface area contributed by atoms with Gasteiger partial charge < -0.3 is 5.11 Å². The van der Waals surface area contributed by atoms with Crippen molar-refractivity contribution in [3.05, 3.63) is 34.9 Å². The molecule has 3 atom stereocenters. The standard InChI is InChI=1S/C20H27NO2/c1-13-3-6-16-10-18-14(2)20(11-19(22)23,17(16)9-13)7-8-21(18)12-15-4-5-15/h3,6,9,14-15,18H,4-5,7-8,10-12H2,1-2H3,(H,22,23)/t14-,18?,20+/m0/s1. The number of rotatable bonds is 4. The topological polar surface area (TPSA) is 40.5 Å². The van der Waals surface area contributed by atoms with Crippen LogP contribution in [0.1, 0.15) is 49.3 Å². The van der Waals surface area contributed by atoms with Crippen LogP contribution in [0.25, 0.3) is 0 Å².